The minimum absolute atomic E-state index is 0.243. The lowest BCUT2D eigenvalue weighted by Gasteiger charge is -2.38. The van der Waals surface area contributed by atoms with E-state index in [2.05, 4.69) is 41.5 Å². The van der Waals surface area contributed by atoms with E-state index >= 15 is 0 Å². The largest absolute Gasteiger partial charge is 0.400 e. The van der Waals surface area contributed by atoms with Gasteiger partial charge in [0.15, 0.2) is 0 Å². The molecule has 0 spiro atoms. The Morgan fingerprint density at radius 2 is 1.08 bits per heavy atom. The molecule has 6 unspecified atom stereocenters. The van der Waals surface area contributed by atoms with Crippen molar-refractivity contribution in [3.05, 3.63) is 0 Å². The molecule has 0 aromatic rings. The van der Waals surface area contributed by atoms with Gasteiger partial charge in [-0.1, -0.05) is 54.4 Å². The maximum atomic E-state index is 12.7. The number of rotatable bonds is 6. The van der Waals surface area contributed by atoms with E-state index in [1.54, 1.807) is 0 Å². The van der Waals surface area contributed by atoms with Gasteiger partial charge in [0.25, 0.3) is 0 Å². The van der Waals surface area contributed by atoms with Gasteiger partial charge in [0.1, 0.15) is 0 Å². The van der Waals surface area contributed by atoms with Gasteiger partial charge in [0.05, 0.1) is 12.2 Å². The first kappa shape index (κ1) is 21.2. The van der Waals surface area contributed by atoms with Crippen LogP contribution in [0.5, 0.6) is 0 Å². The van der Waals surface area contributed by atoms with E-state index in [0.29, 0.717) is 35.5 Å². The molecule has 25 heavy (non-hydrogen) atoms. The van der Waals surface area contributed by atoms with Crippen LogP contribution in [0.2, 0.25) is 0 Å². The molecule has 0 radical (unpaired) electrons. The highest BCUT2D eigenvalue weighted by Gasteiger charge is 2.39. The topological polar surface area (TPSA) is 52.6 Å². The standard InChI is InChI=1S/C20H38O4S/c1-13(2)17-9-7-15(5)11-19(17)23-25(21,22)24-20-12-16(6)8-10-18(20)14(3)4/h13-20H,7-12H2,1-6H3. The smallest absolute Gasteiger partial charge is 0.245 e. The molecule has 0 bridgehead atoms. The molecule has 0 heterocycles. The van der Waals surface area contributed by atoms with E-state index in [1.807, 2.05) is 0 Å². The van der Waals surface area contributed by atoms with Crippen LogP contribution in [0.3, 0.4) is 0 Å². The van der Waals surface area contributed by atoms with Gasteiger partial charge >= 0.3 is 10.4 Å². The molecule has 0 aromatic heterocycles. The molecule has 0 saturated heterocycles. The molecule has 2 rings (SSSR count). The third-order valence-electron chi connectivity index (χ3n) is 6.41. The van der Waals surface area contributed by atoms with E-state index in [9.17, 15) is 8.42 Å². The quantitative estimate of drug-likeness (QED) is 0.642. The molecule has 0 aromatic carbocycles. The molecule has 148 valence electrons. The minimum Gasteiger partial charge on any atom is -0.245 e. The second kappa shape index (κ2) is 8.71. The zero-order valence-electron chi connectivity index (χ0n) is 16.9. The Morgan fingerprint density at radius 3 is 1.40 bits per heavy atom. The third-order valence-corrected chi connectivity index (χ3v) is 7.37. The maximum Gasteiger partial charge on any atom is 0.400 e. The fourth-order valence-corrected chi connectivity index (χ4v) is 5.87. The van der Waals surface area contributed by atoms with E-state index in [4.69, 9.17) is 8.37 Å². The van der Waals surface area contributed by atoms with Crippen LogP contribution in [0.1, 0.15) is 80.1 Å². The lowest BCUT2D eigenvalue weighted by atomic mass is 9.75. The van der Waals surface area contributed by atoms with Crippen LogP contribution in [0.25, 0.3) is 0 Å². The summed E-state index contributed by atoms with van der Waals surface area (Å²) in [6.07, 6.45) is 5.50. The van der Waals surface area contributed by atoms with E-state index in [-0.39, 0.29) is 12.2 Å². The summed E-state index contributed by atoms with van der Waals surface area (Å²) in [7, 11) is -3.96. The highest BCUT2D eigenvalue weighted by atomic mass is 32.3. The Morgan fingerprint density at radius 1 is 0.720 bits per heavy atom. The summed E-state index contributed by atoms with van der Waals surface area (Å²) < 4.78 is 36.6. The minimum atomic E-state index is -3.96. The van der Waals surface area contributed by atoms with Crippen LogP contribution in [0.4, 0.5) is 0 Å². The molecule has 2 saturated carbocycles. The van der Waals surface area contributed by atoms with Crippen LogP contribution >= 0.6 is 0 Å². The summed E-state index contributed by atoms with van der Waals surface area (Å²) in [5.74, 6) is 2.44. The SMILES string of the molecule is CC1CCC(C(C)C)C(OS(=O)(=O)OC2CC(C)CCC2C(C)C)C1. The Labute approximate surface area is 155 Å². The lowest BCUT2D eigenvalue weighted by molar-refractivity contribution is 0.00335. The zero-order chi connectivity index (χ0) is 18.8. The van der Waals surface area contributed by atoms with Crippen molar-refractivity contribution in [2.75, 3.05) is 0 Å². The maximum absolute atomic E-state index is 12.7. The molecule has 2 aliphatic carbocycles. The highest BCUT2D eigenvalue weighted by molar-refractivity contribution is 7.81. The Bertz CT molecular complexity index is 474. The summed E-state index contributed by atoms with van der Waals surface area (Å²) in [5, 5.41) is 0. The summed E-state index contributed by atoms with van der Waals surface area (Å²) in [5.41, 5.74) is 0. The second-order valence-electron chi connectivity index (χ2n) is 9.33. The molecule has 0 aliphatic heterocycles. The molecule has 2 fully saturated rings. The van der Waals surface area contributed by atoms with Crippen molar-refractivity contribution in [1.29, 1.82) is 0 Å². The first-order chi connectivity index (χ1) is 11.6. The average Bonchev–Trinajstić information content (AvgIpc) is 2.45. The van der Waals surface area contributed by atoms with E-state index in [1.165, 1.54) is 0 Å². The summed E-state index contributed by atoms with van der Waals surface area (Å²) in [4.78, 5) is 0. The van der Waals surface area contributed by atoms with Gasteiger partial charge in [-0.05, 0) is 61.2 Å². The van der Waals surface area contributed by atoms with Crippen LogP contribution < -0.4 is 0 Å². The molecule has 0 amide bonds. The van der Waals surface area contributed by atoms with Crippen molar-refractivity contribution < 1.29 is 16.8 Å². The van der Waals surface area contributed by atoms with Gasteiger partial charge in [0, 0.05) is 0 Å². The summed E-state index contributed by atoms with van der Waals surface area (Å²) in [6, 6.07) is 0. The zero-order valence-corrected chi connectivity index (χ0v) is 17.7. The number of hydrogen-bond donors (Lipinski definition) is 0. The Kier molecular flexibility index (Phi) is 7.37. The van der Waals surface area contributed by atoms with Gasteiger partial charge in [-0.25, -0.2) is 8.37 Å². The summed E-state index contributed by atoms with van der Waals surface area (Å²) in [6.45, 7) is 13.0. The molecule has 2 aliphatic rings. The van der Waals surface area contributed by atoms with Crippen molar-refractivity contribution in [3.8, 4) is 0 Å². The third kappa shape index (κ3) is 5.93. The van der Waals surface area contributed by atoms with Crippen molar-refractivity contribution >= 4 is 10.4 Å². The van der Waals surface area contributed by atoms with Crippen LogP contribution in [-0.2, 0) is 18.8 Å². The van der Waals surface area contributed by atoms with Crippen molar-refractivity contribution in [1.82, 2.24) is 0 Å². The predicted molar refractivity (Wildman–Crippen MR) is 101 cm³/mol. The molecular formula is C20H38O4S. The molecule has 6 atom stereocenters. The van der Waals surface area contributed by atoms with E-state index < -0.39 is 10.4 Å². The van der Waals surface area contributed by atoms with Crippen molar-refractivity contribution in [3.63, 3.8) is 0 Å². The first-order valence-electron chi connectivity index (χ1n) is 10.2. The fourth-order valence-electron chi connectivity index (χ4n) is 4.78. The van der Waals surface area contributed by atoms with Gasteiger partial charge < -0.3 is 0 Å². The average molecular weight is 375 g/mol. The van der Waals surface area contributed by atoms with Gasteiger partial charge in [-0.3, -0.25) is 0 Å². The van der Waals surface area contributed by atoms with E-state index in [0.717, 1.165) is 38.5 Å². The molecule has 0 N–H and O–H groups in total. The van der Waals surface area contributed by atoms with Crippen molar-refractivity contribution in [2.45, 2.75) is 92.3 Å². The van der Waals surface area contributed by atoms with Gasteiger partial charge in [-0.2, -0.15) is 8.42 Å². The monoisotopic (exact) mass is 374 g/mol. The molecule has 4 nitrogen and oxygen atoms in total. The summed E-state index contributed by atoms with van der Waals surface area (Å²) >= 11 is 0. The number of hydrogen-bond acceptors (Lipinski definition) is 4. The fraction of sp³-hybridized carbons (Fsp3) is 1.00. The second-order valence-corrected chi connectivity index (χ2v) is 10.5. The Balaban J connectivity index is 2.06. The van der Waals surface area contributed by atoms with Crippen molar-refractivity contribution in [2.24, 2.45) is 35.5 Å². The first-order valence-corrected chi connectivity index (χ1v) is 11.5. The van der Waals surface area contributed by atoms with Gasteiger partial charge in [-0.15, -0.1) is 0 Å². The van der Waals surface area contributed by atoms with Crippen LogP contribution in [0, 0.1) is 35.5 Å². The Hall–Kier alpha value is -0.130. The van der Waals surface area contributed by atoms with Crippen LogP contribution in [-0.4, -0.2) is 20.6 Å². The highest BCUT2D eigenvalue weighted by Crippen LogP contribution is 2.39. The van der Waals surface area contributed by atoms with Crippen LogP contribution in [0.15, 0.2) is 0 Å². The van der Waals surface area contributed by atoms with Gasteiger partial charge in [0.2, 0.25) is 0 Å². The normalized spacial score (nSPS) is 37.6. The molecule has 5 heteroatoms. The lowest BCUT2D eigenvalue weighted by Crippen LogP contribution is -2.40. The molecular weight excluding hydrogens is 336 g/mol. The predicted octanol–water partition coefficient (Wildman–Crippen LogP) is 5.19.